The number of aliphatic hydroxyl groups excluding tert-OH is 1. The van der Waals surface area contributed by atoms with Gasteiger partial charge in [-0.25, -0.2) is 4.98 Å². The van der Waals surface area contributed by atoms with Crippen molar-refractivity contribution in [3.8, 4) is 0 Å². The summed E-state index contributed by atoms with van der Waals surface area (Å²) in [6.07, 6.45) is 3.39. The van der Waals surface area contributed by atoms with E-state index in [1.807, 2.05) is 14.0 Å². The summed E-state index contributed by atoms with van der Waals surface area (Å²) in [5.74, 6) is 0.690. The Hall–Kier alpha value is -1.40. The first kappa shape index (κ1) is 15.7. The van der Waals surface area contributed by atoms with Crippen LogP contribution >= 0.6 is 0 Å². The number of carbonyl (C=O) groups is 1. The van der Waals surface area contributed by atoms with E-state index < -0.39 is 0 Å². The van der Waals surface area contributed by atoms with E-state index in [1.54, 1.807) is 17.3 Å². The van der Waals surface area contributed by atoms with Gasteiger partial charge in [-0.15, -0.1) is 0 Å². The summed E-state index contributed by atoms with van der Waals surface area (Å²) in [6, 6.07) is 0. The van der Waals surface area contributed by atoms with E-state index in [-0.39, 0.29) is 18.4 Å². The number of carbonyl (C=O) groups excluding carboxylic acids is 1. The number of amides is 1. The van der Waals surface area contributed by atoms with Gasteiger partial charge in [0.2, 0.25) is 5.91 Å². The molecule has 1 aromatic rings. The Labute approximate surface area is 114 Å². The Bertz CT molecular complexity index is 367. The molecule has 0 aliphatic heterocycles. The third-order valence-corrected chi connectivity index (χ3v) is 3.12. The average Bonchev–Trinajstić information content (AvgIpc) is 2.90. The highest BCUT2D eigenvalue weighted by Crippen LogP contribution is 2.07. The third-order valence-electron chi connectivity index (χ3n) is 3.12. The van der Waals surface area contributed by atoms with Crippen molar-refractivity contribution in [2.24, 2.45) is 5.92 Å². The number of imidazole rings is 1. The normalized spacial score (nSPS) is 12.7. The maximum absolute atomic E-state index is 12.4. The van der Waals surface area contributed by atoms with Crippen LogP contribution in [0.15, 0.2) is 12.4 Å². The molecule has 0 fully saturated rings. The second-order valence-electron chi connectivity index (χ2n) is 4.78. The van der Waals surface area contributed by atoms with Crippen LogP contribution in [0.3, 0.4) is 0 Å². The number of hydrogen-bond donors (Lipinski definition) is 2. The molecule has 1 aromatic heterocycles. The Balaban J connectivity index is 2.61. The zero-order chi connectivity index (χ0) is 14.3. The highest BCUT2D eigenvalue weighted by molar-refractivity contribution is 5.78. The van der Waals surface area contributed by atoms with Crippen molar-refractivity contribution < 1.29 is 9.90 Å². The number of aromatic nitrogens is 2. The number of nitrogens with one attached hydrogen (secondary N) is 1. The molecule has 0 saturated heterocycles. The smallest absolute Gasteiger partial charge is 0.227 e. The highest BCUT2D eigenvalue weighted by atomic mass is 16.3. The van der Waals surface area contributed by atoms with E-state index in [1.165, 1.54) is 0 Å². The molecule has 1 atom stereocenters. The number of rotatable bonds is 8. The average molecular weight is 268 g/mol. The van der Waals surface area contributed by atoms with E-state index in [9.17, 15) is 4.79 Å². The van der Waals surface area contributed by atoms with Crippen molar-refractivity contribution in [3.05, 3.63) is 18.2 Å². The minimum Gasteiger partial charge on any atom is -0.395 e. The molecule has 1 unspecified atom stereocenters. The molecule has 0 aliphatic rings. The van der Waals surface area contributed by atoms with Gasteiger partial charge in [-0.1, -0.05) is 13.8 Å². The molecule has 6 nitrogen and oxygen atoms in total. The maximum atomic E-state index is 12.4. The lowest BCUT2D eigenvalue weighted by atomic mass is 10.1. The second-order valence-corrected chi connectivity index (χ2v) is 4.78. The van der Waals surface area contributed by atoms with E-state index >= 15 is 0 Å². The number of nitrogens with zero attached hydrogens (tertiary/aromatic N) is 3. The van der Waals surface area contributed by atoms with Crippen molar-refractivity contribution in [1.29, 1.82) is 0 Å². The standard InChI is InChI=1S/C13H24N4O2/c1-4-16(3)9-11(2)13(19)17(7-8-18)10-12-14-5-6-15-12/h5-6,11,18H,4,7-10H2,1-3H3,(H,14,15). The summed E-state index contributed by atoms with van der Waals surface area (Å²) >= 11 is 0. The predicted molar refractivity (Wildman–Crippen MR) is 73.4 cm³/mol. The van der Waals surface area contributed by atoms with E-state index in [4.69, 9.17) is 5.11 Å². The maximum Gasteiger partial charge on any atom is 0.227 e. The molecule has 0 radical (unpaired) electrons. The number of hydrogen-bond acceptors (Lipinski definition) is 4. The first-order valence-corrected chi connectivity index (χ1v) is 6.64. The summed E-state index contributed by atoms with van der Waals surface area (Å²) in [6.45, 7) is 6.31. The number of aliphatic hydroxyl groups is 1. The zero-order valence-electron chi connectivity index (χ0n) is 12.0. The molecule has 108 valence electrons. The molecule has 1 amide bonds. The number of aromatic amines is 1. The van der Waals surface area contributed by atoms with Crippen LogP contribution in [0.2, 0.25) is 0 Å². The minimum absolute atomic E-state index is 0.0389. The van der Waals surface area contributed by atoms with Gasteiger partial charge >= 0.3 is 0 Å². The van der Waals surface area contributed by atoms with Gasteiger partial charge in [-0.05, 0) is 13.6 Å². The summed E-state index contributed by atoms with van der Waals surface area (Å²) in [4.78, 5) is 23.2. The van der Waals surface area contributed by atoms with Crippen LogP contribution in [0.1, 0.15) is 19.7 Å². The van der Waals surface area contributed by atoms with Gasteiger partial charge < -0.3 is 19.9 Å². The molecule has 0 bridgehead atoms. The molecule has 2 N–H and O–H groups in total. The predicted octanol–water partition coefficient (Wildman–Crippen LogP) is 0.318. The monoisotopic (exact) mass is 268 g/mol. The fraction of sp³-hybridized carbons (Fsp3) is 0.692. The van der Waals surface area contributed by atoms with Crippen LogP contribution in [-0.4, -0.2) is 64.1 Å². The molecule has 0 spiro atoms. The van der Waals surface area contributed by atoms with Gasteiger partial charge in [0, 0.05) is 31.4 Å². The largest absolute Gasteiger partial charge is 0.395 e. The molecule has 0 saturated carbocycles. The van der Waals surface area contributed by atoms with Crippen LogP contribution in [0.5, 0.6) is 0 Å². The van der Waals surface area contributed by atoms with Gasteiger partial charge in [0.25, 0.3) is 0 Å². The quantitative estimate of drug-likeness (QED) is 0.712. The van der Waals surface area contributed by atoms with Crippen LogP contribution in [-0.2, 0) is 11.3 Å². The second kappa shape index (κ2) is 7.91. The third kappa shape index (κ3) is 5.00. The Morgan fingerprint density at radius 1 is 1.58 bits per heavy atom. The fourth-order valence-corrected chi connectivity index (χ4v) is 1.94. The van der Waals surface area contributed by atoms with Gasteiger partial charge in [0.05, 0.1) is 13.2 Å². The van der Waals surface area contributed by atoms with Crippen molar-refractivity contribution in [2.75, 3.05) is 33.3 Å². The van der Waals surface area contributed by atoms with Crippen LogP contribution in [0.25, 0.3) is 0 Å². The molecule has 19 heavy (non-hydrogen) atoms. The highest BCUT2D eigenvalue weighted by Gasteiger charge is 2.21. The Morgan fingerprint density at radius 2 is 2.32 bits per heavy atom. The molecular weight excluding hydrogens is 244 g/mol. The van der Waals surface area contributed by atoms with Gasteiger partial charge in [-0.2, -0.15) is 0 Å². The lowest BCUT2D eigenvalue weighted by Crippen LogP contribution is -2.40. The van der Waals surface area contributed by atoms with Gasteiger partial charge in [0.15, 0.2) is 0 Å². The summed E-state index contributed by atoms with van der Waals surface area (Å²) in [5.41, 5.74) is 0. The van der Waals surface area contributed by atoms with E-state index in [2.05, 4.69) is 21.8 Å². The lowest BCUT2D eigenvalue weighted by molar-refractivity contribution is -0.136. The van der Waals surface area contributed by atoms with Crippen molar-refractivity contribution in [2.45, 2.75) is 20.4 Å². The lowest BCUT2D eigenvalue weighted by Gasteiger charge is -2.26. The SMILES string of the molecule is CCN(C)CC(C)C(=O)N(CCO)Cc1ncc[nH]1. The van der Waals surface area contributed by atoms with Crippen LogP contribution in [0, 0.1) is 5.92 Å². The zero-order valence-corrected chi connectivity index (χ0v) is 12.0. The number of H-pyrrole nitrogens is 1. The molecule has 6 heteroatoms. The van der Waals surface area contributed by atoms with Gasteiger partial charge in [0.1, 0.15) is 5.82 Å². The first-order valence-electron chi connectivity index (χ1n) is 6.64. The molecule has 0 aromatic carbocycles. The fourth-order valence-electron chi connectivity index (χ4n) is 1.94. The van der Waals surface area contributed by atoms with E-state index in [0.29, 0.717) is 13.1 Å². The first-order chi connectivity index (χ1) is 9.08. The summed E-state index contributed by atoms with van der Waals surface area (Å²) in [7, 11) is 1.99. The molecule has 1 heterocycles. The Morgan fingerprint density at radius 3 is 2.84 bits per heavy atom. The molecular formula is C13H24N4O2. The minimum atomic E-state index is -0.0912. The topological polar surface area (TPSA) is 72.5 Å². The van der Waals surface area contributed by atoms with Gasteiger partial charge in [-0.3, -0.25) is 4.79 Å². The van der Waals surface area contributed by atoms with Crippen LogP contribution < -0.4 is 0 Å². The van der Waals surface area contributed by atoms with Crippen LogP contribution in [0.4, 0.5) is 0 Å². The molecule has 0 aliphatic carbocycles. The van der Waals surface area contributed by atoms with Crippen molar-refractivity contribution in [3.63, 3.8) is 0 Å². The summed E-state index contributed by atoms with van der Waals surface area (Å²) in [5, 5.41) is 9.09. The van der Waals surface area contributed by atoms with Crippen molar-refractivity contribution >= 4 is 5.91 Å². The summed E-state index contributed by atoms with van der Waals surface area (Å²) < 4.78 is 0. The van der Waals surface area contributed by atoms with Crippen molar-refractivity contribution in [1.82, 2.24) is 19.8 Å². The Kier molecular flexibility index (Phi) is 6.52. The molecule has 1 rings (SSSR count). The van der Waals surface area contributed by atoms with E-state index in [0.717, 1.165) is 18.9 Å².